The Morgan fingerprint density at radius 3 is 2.08 bits per heavy atom. The van der Waals surface area contributed by atoms with Crippen LogP contribution in [0.15, 0.2) is 59.6 Å². The third-order valence-electron chi connectivity index (χ3n) is 13.5. The van der Waals surface area contributed by atoms with Crippen molar-refractivity contribution >= 4 is 86.5 Å². The van der Waals surface area contributed by atoms with E-state index in [2.05, 4.69) is 36.9 Å². The molecular weight excluding hydrogens is 1030 g/mol. The van der Waals surface area contributed by atoms with Gasteiger partial charge < -0.3 is 64.9 Å². The fraction of sp³-hybridized carbons (Fsp3) is 0.549. The molecule has 0 bridgehead atoms. The Morgan fingerprint density at radius 1 is 0.779 bits per heavy atom. The Hall–Kier alpha value is -6.93. The van der Waals surface area contributed by atoms with Gasteiger partial charge in [-0.25, -0.2) is 0 Å². The molecular formula is C51H73N13O11S2. The van der Waals surface area contributed by atoms with E-state index < -0.39 is 113 Å². The standard InChI is InChI=1S/C51H73N13O11S2/c1-75-32-16-14-31(15-17-32)24-35-40(65)27-51(20-6-3-7-21-51)77-76-29-38(49(74)64-23-9-13-39(64)48(73)61-33(12-8-22-57-50(55)56)44(69)58-28-43(54)68)63-47(72)37(26-42(53)67)62-45(70)34(18-19-41(52)66)60-46(71)36(59-35)25-30-10-4-2-5-11-30/h2,4-5,10-11,14-17,33-39,59H,3,6-9,12-13,18-29H2,1H3,(H2,52,66)(H2,53,67)(H2,54,68)(H,58,69)(H,60,71)(H,61,73)(H,62,70)(H,63,72)(H4,55,56,57)/t33-,34-,35-,36-,37-,38-,39-/m0/s1. The highest BCUT2D eigenvalue weighted by atomic mass is 33.1. The molecule has 0 radical (unpaired) electrons. The Labute approximate surface area is 455 Å². The van der Waals surface area contributed by atoms with Crippen LogP contribution < -0.4 is 65.3 Å². The number of methoxy groups -OCH3 is 1. The minimum Gasteiger partial charge on any atom is -0.497 e. The van der Waals surface area contributed by atoms with Gasteiger partial charge in [0, 0.05) is 36.4 Å². The number of likely N-dealkylation sites (tertiary alicyclic amines) is 1. The van der Waals surface area contributed by atoms with E-state index in [1.807, 2.05) is 30.3 Å². The van der Waals surface area contributed by atoms with Crippen molar-refractivity contribution in [3.8, 4) is 5.75 Å². The van der Waals surface area contributed by atoms with Crippen molar-refractivity contribution in [2.75, 3.05) is 32.5 Å². The van der Waals surface area contributed by atoms with Gasteiger partial charge >= 0.3 is 0 Å². The molecule has 26 heteroatoms. The molecule has 16 N–H and O–H groups in total. The van der Waals surface area contributed by atoms with E-state index in [4.69, 9.17) is 33.4 Å². The number of Topliss-reactive ketones (excluding diaryl/α,β-unsaturated/α-hetero) is 1. The first-order valence-corrected chi connectivity index (χ1v) is 28.0. The number of amides is 9. The zero-order valence-corrected chi connectivity index (χ0v) is 44.9. The highest BCUT2D eigenvalue weighted by molar-refractivity contribution is 8.77. The summed E-state index contributed by atoms with van der Waals surface area (Å²) in [6.07, 6.45) is 3.46. The molecule has 1 saturated carbocycles. The van der Waals surface area contributed by atoms with Gasteiger partial charge in [0.15, 0.2) is 11.7 Å². The van der Waals surface area contributed by atoms with Crippen molar-refractivity contribution in [3.63, 3.8) is 0 Å². The molecule has 2 aromatic rings. The lowest BCUT2D eigenvalue weighted by molar-refractivity contribution is -0.142. The first-order chi connectivity index (χ1) is 36.8. The fourth-order valence-corrected chi connectivity index (χ4v) is 12.9. The molecule has 2 saturated heterocycles. The number of benzene rings is 2. The van der Waals surface area contributed by atoms with Crippen LogP contribution in [0.2, 0.25) is 0 Å². The van der Waals surface area contributed by atoms with Gasteiger partial charge in [0.25, 0.3) is 0 Å². The lowest BCUT2D eigenvalue weighted by Crippen LogP contribution is -2.61. The largest absolute Gasteiger partial charge is 0.497 e. The van der Waals surface area contributed by atoms with Gasteiger partial charge in [0.2, 0.25) is 53.2 Å². The Kier molecular flexibility index (Phi) is 23.8. The second kappa shape index (κ2) is 30.1. The molecule has 0 aromatic heterocycles. The molecule has 77 heavy (non-hydrogen) atoms. The van der Waals surface area contributed by atoms with Gasteiger partial charge in [-0.15, -0.1) is 0 Å². The number of nitrogens with one attached hydrogen (secondary N) is 6. The second-order valence-electron chi connectivity index (χ2n) is 19.5. The number of guanidine groups is 1. The zero-order valence-electron chi connectivity index (χ0n) is 43.3. The molecule has 420 valence electrons. The molecule has 2 aliphatic heterocycles. The van der Waals surface area contributed by atoms with Crippen molar-refractivity contribution in [2.45, 2.75) is 143 Å². The highest BCUT2D eigenvalue weighted by Crippen LogP contribution is 2.49. The second-order valence-corrected chi connectivity index (χ2v) is 22.3. The number of aliphatic imine (C=N–C) groups is 1. The smallest absolute Gasteiger partial charge is 0.246 e. The van der Waals surface area contributed by atoms with E-state index in [0.717, 1.165) is 30.4 Å². The predicted octanol–water partition coefficient (Wildman–Crippen LogP) is -1.41. The zero-order chi connectivity index (χ0) is 56.1. The first-order valence-electron chi connectivity index (χ1n) is 25.7. The summed E-state index contributed by atoms with van der Waals surface area (Å²) in [5.41, 5.74) is 28.8. The number of ketones is 1. The van der Waals surface area contributed by atoms with Gasteiger partial charge in [-0.2, -0.15) is 0 Å². The normalized spacial score (nSPS) is 22.9. The minimum atomic E-state index is -1.70. The summed E-state index contributed by atoms with van der Waals surface area (Å²) in [4.78, 5) is 142. The van der Waals surface area contributed by atoms with Crippen molar-refractivity contribution in [1.82, 2.24) is 36.8 Å². The number of hydrogen-bond acceptors (Lipinski definition) is 15. The monoisotopic (exact) mass is 1110 g/mol. The number of ether oxygens (including phenoxy) is 1. The molecule has 9 amide bonds. The van der Waals surface area contributed by atoms with Gasteiger partial charge in [-0.1, -0.05) is 83.3 Å². The molecule has 24 nitrogen and oxygen atoms in total. The SMILES string of the molecule is COc1ccc(C[C@@H]2N[C@@H](Cc3ccccc3)C(=O)N[C@@H](CCC(N)=O)C(=O)N[C@@H](CC(N)=O)C(=O)N[C@H](C(=O)N3CCC[C@H]3C(=O)N[C@@H](CCCN=C(N)N)C(=O)NCC(N)=O)CSSC3(CCCCC3)CC2=O)cc1. The van der Waals surface area contributed by atoms with E-state index in [1.54, 1.807) is 31.4 Å². The summed E-state index contributed by atoms with van der Waals surface area (Å²) >= 11 is 0. The van der Waals surface area contributed by atoms with Gasteiger partial charge in [0.05, 0.1) is 32.2 Å². The third-order valence-corrected chi connectivity index (χ3v) is 16.9. The molecule has 5 rings (SSSR count). The number of nitrogens with zero attached hydrogens (tertiary/aromatic N) is 2. The summed E-state index contributed by atoms with van der Waals surface area (Å²) in [5, 5.41) is 16.4. The number of primary amides is 3. The number of carbonyl (C=O) groups is 10. The average molecular weight is 1110 g/mol. The number of nitrogens with two attached hydrogens (primary N) is 5. The highest BCUT2D eigenvalue weighted by Gasteiger charge is 2.43. The van der Waals surface area contributed by atoms with E-state index >= 15 is 4.79 Å². The Bertz CT molecular complexity index is 2440. The summed E-state index contributed by atoms with van der Waals surface area (Å²) in [5.74, 6) is -7.29. The number of carbonyl (C=O) groups excluding carboxylic acids is 10. The van der Waals surface area contributed by atoms with E-state index in [-0.39, 0.29) is 82.0 Å². The quantitative estimate of drug-likeness (QED) is 0.0314. The molecule has 3 fully saturated rings. The average Bonchev–Trinajstić information content (AvgIpc) is 3.89. The van der Waals surface area contributed by atoms with Crippen LogP contribution in [0.25, 0.3) is 0 Å². The van der Waals surface area contributed by atoms with Crippen LogP contribution in [0.4, 0.5) is 0 Å². The molecule has 1 spiro atoms. The fourth-order valence-electron chi connectivity index (χ4n) is 9.53. The summed E-state index contributed by atoms with van der Waals surface area (Å²) in [6, 6.07) is 7.26. The third kappa shape index (κ3) is 19.5. The Balaban J connectivity index is 1.53. The number of hydrogen-bond donors (Lipinski definition) is 11. The van der Waals surface area contributed by atoms with Gasteiger partial charge in [-0.3, -0.25) is 58.3 Å². The molecule has 1 aliphatic carbocycles. The molecule has 0 unspecified atom stereocenters. The minimum absolute atomic E-state index is 0.0389. The molecule has 2 heterocycles. The maximum absolute atomic E-state index is 15.1. The van der Waals surface area contributed by atoms with Crippen molar-refractivity contribution in [1.29, 1.82) is 0 Å². The van der Waals surface area contributed by atoms with Crippen LogP contribution in [0.3, 0.4) is 0 Å². The first kappa shape index (κ1) is 60.9. The van der Waals surface area contributed by atoms with Crippen molar-refractivity contribution in [2.24, 2.45) is 33.7 Å². The Morgan fingerprint density at radius 2 is 1.43 bits per heavy atom. The van der Waals surface area contributed by atoms with Crippen molar-refractivity contribution in [3.05, 3.63) is 65.7 Å². The maximum Gasteiger partial charge on any atom is 0.246 e. The van der Waals surface area contributed by atoms with Gasteiger partial charge in [0.1, 0.15) is 36.0 Å². The summed E-state index contributed by atoms with van der Waals surface area (Å²) in [6.45, 7) is -0.316. The molecule has 3 aliphatic rings. The lowest BCUT2D eigenvalue weighted by atomic mass is 9.83. The van der Waals surface area contributed by atoms with E-state index in [1.165, 1.54) is 26.5 Å². The lowest BCUT2D eigenvalue weighted by Gasteiger charge is -2.38. The number of rotatable bonds is 20. The van der Waals surface area contributed by atoms with Crippen LogP contribution in [0.1, 0.15) is 94.6 Å². The molecule has 2 aromatic carbocycles. The molecule has 7 atom stereocenters. The van der Waals surface area contributed by atoms with Gasteiger partial charge in [-0.05, 0) is 81.0 Å². The van der Waals surface area contributed by atoms with E-state index in [0.29, 0.717) is 25.0 Å². The van der Waals surface area contributed by atoms with Crippen LogP contribution in [-0.2, 0) is 60.8 Å². The van der Waals surface area contributed by atoms with Crippen LogP contribution in [0, 0.1) is 0 Å². The summed E-state index contributed by atoms with van der Waals surface area (Å²) < 4.78 is 4.72. The predicted molar refractivity (Wildman–Crippen MR) is 290 cm³/mol. The van der Waals surface area contributed by atoms with Crippen LogP contribution in [-0.4, -0.2) is 149 Å². The van der Waals surface area contributed by atoms with E-state index in [9.17, 15) is 43.2 Å². The topological polar surface area (TPSA) is 398 Å². The van der Waals surface area contributed by atoms with Crippen LogP contribution in [0.5, 0.6) is 5.75 Å². The summed E-state index contributed by atoms with van der Waals surface area (Å²) in [7, 11) is 4.20. The van der Waals surface area contributed by atoms with Crippen LogP contribution >= 0.6 is 21.6 Å². The maximum atomic E-state index is 15.1. The van der Waals surface area contributed by atoms with Crippen molar-refractivity contribution < 1.29 is 52.7 Å².